The van der Waals surface area contributed by atoms with Gasteiger partial charge < -0.3 is 15.3 Å². The molecule has 1 unspecified atom stereocenters. The fraction of sp³-hybridized carbons (Fsp3) is 0.931. The van der Waals surface area contributed by atoms with E-state index in [4.69, 9.17) is 0 Å². The first-order valence-corrected chi connectivity index (χ1v) is 13.7. The van der Waals surface area contributed by atoms with Gasteiger partial charge in [0.05, 0.1) is 17.8 Å². The van der Waals surface area contributed by atoms with Crippen LogP contribution in [0.3, 0.4) is 0 Å². The van der Waals surface area contributed by atoms with Crippen LogP contribution in [0.4, 0.5) is 0 Å². The van der Waals surface area contributed by atoms with Gasteiger partial charge in [-0.05, 0) is 99.7 Å². The molecule has 3 N–H and O–H groups in total. The molecule has 32 heavy (non-hydrogen) atoms. The number of rotatable bonds is 6. The van der Waals surface area contributed by atoms with Crippen molar-refractivity contribution < 1.29 is 15.3 Å². The third kappa shape index (κ3) is 3.93. The molecular formula is C29H50O3. The second-order valence-electron chi connectivity index (χ2n) is 13.3. The lowest BCUT2D eigenvalue weighted by Crippen LogP contribution is -2.55. The molecule has 4 aliphatic rings. The van der Waals surface area contributed by atoms with Crippen molar-refractivity contribution >= 4 is 0 Å². The van der Waals surface area contributed by atoms with Crippen molar-refractivity contribution in [1.29, 1.82) is 0 Å². The molecule has 10 atom stereocenters. The summed E-state index contributed by atoms with van der Waals surface area (Å²) < 4.78 is 0. The number of aliphatic hydroxyl groups is 3. The van der Waals surface area contributed by atoms with E-state index >= 15 is 0 Å². The highest BCUT2D eigenvalue weighted by molar-refractivity contribution is 5.27. The molecule has 3 fully saturated rings. The SMILES string of the molecule is CC[C@@H](CC[C@@H](C)[C@H]1CC[C@H]2C3CC=C4C[C@@H](O)C[C@H](O)[C@]4(C)[C@H]3CC[C@]12C)C(C)(C)O. The zero-order valence-corrected chi connectivity index (χ0v) is 21.6. The summed E-state index contributed by atoms with van der Waals surface area (Å²) in [5.41, 5.74) is 1.05. The molecule has 3 nitrogen and oxygen atoms in total. The number of aliphatic hydroxyl groups excluding tert-OH is 2. The molecule has 4 rings (SSSR count). The van der Waals surface area contributed by atoms with E-state index in [1.54, 1.807) is 0 Å². The Morgan fingerprint density at radius 3 is 2.47 bits per heavy atom. The van der Waals surface area contributed by atoms with Crippen molar-refractivity contribution in [2.24, 2.45) is 46.3 Å². The summed E-state index contributed by atoms with van der Waals surface area (Å²) in [7, 11) is 0. The molecule has 0 aromatic rings. The first-order chi connectivity index (χ1) is 14.9. The second-order valence-corrected chi connectivity index (χ2v) is 13.3. The van der Waals surface area contributed by atoms with Crippen LogP contribution < -0.4 is 0 Å². The topological polar surface area (TPSA) is 60.7 Å². The Morgan fingerprint density at radius 2 is 1.81 bits per heavy atom. The molecule has 0 heterocycles. The maximum absolute atomic E-state index is 11.1. The minimum atomic E-state index is -0.579. The molecule has 4 aliphatic carbocycles. The zero-order valence-electron chi connectivity index (χ0n) is 21.6. The minimum Gasteiger partial charge on any atom is -0.393 e. The largest absolute Gasteiger partial charge is 0.393 e. The first kappa shape index (κ1) is 24.7. The van der Waals surface area contributed by atoms with E-state index in [1.165, 1.54) is 37.7 Å². The van der Waals surface area contributed by atoms with Gasteiger partial charge in [0, 0.05) is 11.8 Å². The predicted molar refractivity (Wildman–Crippen MR) is 131 cm³/mol. The molecular weight excluding hydrogens is 396 g/mol. The Hall–Kier alpha value is -0.380. The maximum Gasteiger partial charge on any atom is 0.0658 e. The minimum absolute atomic E-state index is 0.131. The van der Waals surface area contributed by atoms with Gasteiger partial charge in [-0.15, -0.1) is 0 Å². The lowest BCUT2D eigenvalue weighted by molar-refractivity contribution is -0.108. The lowest BCUT2D eigenvalue weighted by atomic mass is 9.46. The highest BCUT2D eigenvalue weighted by Crippen LogP contribution is 2.67. The van der Waals surface area contributed by atoms with Crippen LogP contribution in [0.2, 0.25) is 0 Å². The highest BCUT2D eigenvalue weighted by atomic mass is 16.3. The van der Waals surface area contributed by atoms with Crippen LogP contribution >= 0.6 is 0 Å². The summed E-state index contributed by atoms with van der Waals surface area (Å²) in [4.78, 5) is 0. The van der Waals surface area contributed by atoms with Crippen molar-refractivity contribution in [1.82, 2.24) is 0 Å². The summed E-state index contributed by atoms with van der Waals surface area (Å²) in [6, 6.07) is 0. The van der Waals surface area contributed by atoms with Crippen LogP contribution in [0.25, 0.3) is 0 Å². The van der Waals surface area contributed by atoms with Crippen LogP contribution in [0.1, 0.15) is 106 Å². The van der Waals surface area contributed by atoms with Gasteiger partial charge in [-0.2, -0.15) is 0 Å². The van der Waals surface area contributed by atoms with Crippen molar-refractivity contribution in [2.75, 3.05) is 0 Å². The van der Waals surface area contributed by atoms with Crippen molar-refractivity contribution in [2.45, 2.75) is 124 Å². The molecule has 0 radical (unpaired) electrons. The maximum atomic E-state index is 11.1. The molecule has 3 saturated carbocycles. The Labute approximate surface area is 197 Å². The average molecular weight is 447 g/mol. The van der Waals surface area contributed by atoms with Crippen molar-refractivity contribution in [3.8, 4) is 0 Å². The van der Waals surface area contributed by atoms with Crippen LogP contribution in [-0.2, 0) is 0 Å². The molecule has 3 heteroatoms. The fourth-order valence-electron chi connectivity index (χ4n) is 9.40. The molecule has 0 aliphatic heterocycles. The number of fused-ring (bicyclic) bond motifs is 5. The molecule has 0 aromatic carbocycles. The van der Waals surface area contributed by atoms with Gasteiger partial charge in [0.25, 0.3) is 0 Å². The third-order valence-corrected chi connectivity index (χ3v) is 11.4. The summed E-state index contributed by atoms with van der Waals surface area (Å²) >= 11 is 0. The van der Waals surface area contributed by atoms with Gasteiger partial charge in [0.1, 0.15) is 0 Å². The molecule has 0 bridgehead atoms. The highest BCUT2D eigenvalue weighted by Gasteiger charge is 2.60. The van der Waals surface area contributed by atoms with E-state index in [9.17, 15) is 15.3 Å². The predicted octanol–water partition coefficient (Wildman–Crippen LogP) is 6.11. The van der Waals surface area contributed by atoms with E-state index in [0.717, 1.165) is 37.5 Å². The normalized spacial score (nSPS) is 46.0. The third-order valence-electron chi connectivity index (χ3n) is 11.4. The van der Waals surface area contributed by atoms with Gasteiger partial charge in [0.15, 0.2) is 0 Å². The molecule has 0 amide bonds. The van der Waals surface area contributed by atoms with Gasteiger partial charge in [-0.25, -0.2) is 0 Å². The molecule has 184 valence electrons. The summed E-state index contributed by atoms with van der Waals surface area (Å²) in [5, 5.41) is 31.9. The van der Waals surface area contributed by atoms with Gasteiger partial charge >= 0.3 is 0 Å². The van der Waals surface area contributed by atoms with Gasteiger partial charge in [-0.3, -0.25) is 0 Å². The van der Waals surface area contributed by atoms with E-state index in [0.29, 0.717) is 35.5 Å². The molecule has 0 aromatic heterocycles. The Bertz CT molecular complexity index is 708. The number of allylic oxidation sites excluding steroid dienone is 1. The van der Waals surface area contributed by atoms with Crippen molar-refractivity contribution in [3.63, 3.8) is 0 Å². The van der Waals surface area contributed by atoms with Gasteiger partial charge in [0.2, 0.25) is 0 Å². The number of hydrogen-bond donors (Lipinski definition) is 3. The summed E-state index contributed by atoms with van der Waals surface area (Å²) in [6.07, 6.45) is 12.7. The fourth-order valence-corrected chi connectivity index (χ4v) is 9.40. The van der Waals surface area contributed by atoms with Crippen LogP contribution in [0.15, 0.2) is 11.6 Å². The monoisotopic (exact) mass is 446 g/mol. The smallest absolute Gasteiger partial charge is 0.0658 e. The second kappa shape index (κ2) is 8.68. The average Bonchev–Trinajstić information content (AvgIpc) is 3.06. The van der Waals surface area contributed by atoms with E-state index in [2.05, 4.69) is 33.8 Å². The Kier molecular flexibility index (Phi) is 6.71. The quantitative estimate of drug-likeness (QED) is 0.431. The lowest BCUT2D eigenvalue weighted by Gasteiger charge is -2.59. The zero-order chi connectivity index (χ0) is 23.5. The Morgan fingerprint density at radius 1 is 1.09 bits per heavy atom. The van der Waals surface area contributed by atoms with Crippen LogP contribution in [-0.4, -0.2) is 33.1 Å². The van der Waals surface area contributed by atoms with E-state index in [1.807, 2.05) is 13.8 Å². The number of hydrogen-bond acceptors (Lipinski definition) is 3. The summed E-state index contributed by atoms with van der Waals surface area (Å²) in [6.45, 7) is 13.6. The standard InChI is InChI=1S/C29H50O3/c1-7-19(27(3,4)32)9-8-18(2)23-12-13-24-22-11-10-20-16-21(30)17-26(31)29(20,6)25(22)14-15-28(23,24)5/h10,18-19,21-26,30-32H,7-9,11-17H2,1-6H3/t18-,19+,21-,22?,23-,24+,25+,26+,28-,29+/m1/s1. The Balaban J connectivity index is 1.49. The molecule has 0 spiro atoms. The summed E-state index contributed by atoms with van der Waals surface area (Å²) in [5.74, 6) is 3.89. The van der Waals surface area contributed by atoms with Crippen LogP contribution in [0.5, 0.6) is 0 Å². The van der Waals surface area contributed by atoms with E-state index < -0.39 is 11.7 Å². The molecule has 0 saturated heterocycles. The first-order valence-electron chi connectivity index (χ1n) is 13.7. The van der Waals surface area contributed by atoms with Crippen LogP contribution in [0, 0.1) is 46.3 Å². The van der Waals surface area contributed by atoms with E-state index in [-0.39, 0.29) is 11.5 Å². The van der Waals surface area contributed by atoms with Crippen molar-refractivity contribution in [3.05, 3.63) is 11.6 Å². The van der Waals surface area contributed by atoms with Gasteiger partial charge in [-0.1, -0.05) is 52.2 Å².